The second-order valence-corrected chi connectivity index (χ2v) is 5.91. The molecule has 1 aromatic heterocycles. The van der Waals surface area contributed by atoms with Gasteiger partial charge in [0.15, 0.2) is 0 Å². The van der Waals surface area contributed by atoms with Crippen molar-refractivity contribution in [3.05, 3.63) is 22.8 Å². The van der Waals surface area contributed by atoms with E-state index < -0.39 is 5.97 Å². The normalized spacial score (nSPS) is 23.0. The topological polar surface area (TPSA) is 62.2 Å². The first kappa shape index (κ1) is 13.5. The number of thioether (sulfide) groups is 1. The van der Waals surface area contributed by atoms with Crippen LogP contribution in [0.5, 0.6) is 0 Å². The number of rotatable bonds is 4. The first-order valence-electron chi connectivity index (χ1n) is 5.78. The highest BCUT2D eigenvalue weighted by atomic mass is 35.5. The van der Waals surface area contributed by atoms with Crippen molar-refractivity contribution in [1.29, 1.82) is 0 Å². The molecule has 18 heavy (non-hydrogen) atoms. The SMILES string of the molecule is CSC1CCC(Nc2cc(C(=O)O)c(Cl)cn2)C1. The molecule has 1 fully saturated rings. The number of hydrogen-bond acceptors (Lipinski definition) is 4. The number of halogens is 1. The Bertz CT molecular complexity index is 456. The zero-order chi connectivity index (χ0) is 13.1. The van der Waals surface area contributed by atoms with Gasteiger partial charge in [-0.05, 0) is 31.6 Å². The molecule has 0 aromatic carbocycles. The first-order chi connectivity index (χ1) is 8.60. The minimum atomic E-state index is -1.03. The van der Waals surface area contributed by atoms with Gasteiger partial charge in [-0.1, -0.05) is 11.6 Å². The van der Waals surface area contributed by atoms with Crippen molar-refractivity contribution < 1.29 is 9.90 Å². The first-order valence-corrected chi connectivity index (χ1v) is 7.45. The van der Waals surface area contributed by atoms with Gasteiger partial charge < -0.3 is 10.4 Å². The standard InChI is InChI=1S/C12H15ClN2O2S/c1-18-8-3-2-7(4-8)15-11-5-9(12(16)17)10(13)6-14-11/h5-8H,2-4H2,1H3,(H,14,15)(H,16,17). The summed E-state index contributed by atoms with van der Waals surface area (Å²) in [6, 6.07) is 1.87. The van der Waals surface area contributed by atoms with Crippen molar-refractivity contribution in [2.24, 2.45) is 0 Å². The second-order valence-electron chi connectivity index (χ2n) is 4.37. The molecule has 6 heteroatoms. The van der Waals surface area contributed by atoms with E-state index >= 15 is 0 Å². The van der Waals surface area contributed by atoms with E-state index in [1.54, 1.807) is 0 Å². The fraction of sp³-hybridized carbons (Fsp3) is 0.500. The summed E-state index contributed by atoms with van der Waals surface area (Å²) in [6.45, 7) is 0. The van der Waals surface area contributed by atoms with Crippen molar-refractivity contribution in [3.63, 3.8) is 0 Å². The molecule has 0 radical (unpaired) electrons. The van der Waals surface area contributed by atoms with Crippen molar-refractivity contribution in [2.45, 2.75) is 30.6 Å². The lowest BCUT2D eigenvalue weighted by Crippen LogP contribution is -2.17. The number of carboxylic acid groups (broad SMARTS) is 1. The number of nitrogens with zero attached hydrogens (tertiary/aromatic N) is 1. The van der Waals surface area contributed by atoms with E-state index in [1.807, 2.05) is 11.8 Å². The maximum atomic E-state index is 11.0. The molecule has 0 aliphatic heterocycles. The molecule has 2 atom stereocenters. The van der Waals surface area contributed by atoms with Gasteiger partial charge in [0.1, 0.15) is 5.82 Å². The summed E-state index contributed by atoms with van der Waals surface area (Å²) in [5, 5.41) is 13.1. The average molecular weight is 287 g/mol. The summed E-state index contributed by atoms with van der Waals surface area (Å²) >= 11 is 7.66. The van der Waals surface area contributed by atoms with E-state index in [4.69, 9.17) is 16.7 Å². The van der Waals surface area contributed by atoms with Crippen molar-refractivity contribution in [3.8, 4) is 0 Å². The summed E-state index contributed by atoms with van der Waals surface area (Å²) in [4.78, 5) is 15.1. The van der Waals surface area contributed by atoms with Gasteiger partial charge in [-0.3, -0.25) is 0 Å². The molecule has 0 saturated heterocycles. The summed E-state index contributed by atoms with van der Waals surface area (Å²) in [5.41, 5.74) is 0.0913. The van der Waals surface area contributed by atoms with E-state index in [2.05, 4.69) is 16.6 Å². The predicted molar refractivity (Wildman–Crippen MR) is 74.8 cm³/mol. The number of nitrogens with one attached hydrogen (secondary N) is 1. The molecule has 1 aromatic rings. The highest BCUT2D eigenvalue weighted by Crippen LogP contribution is 2.30. The fourth-order valence-electron chi connectivity index (χ4n) is 2.18. The van der Waals surface area contributed by atoms with Gasteiger partial charge in [0.05, 0.1) is 10.6 Å². The number of aromatic nitrogens is 1. The Morgan fingerprint density at radius 1 is 1.61 bits per heavy atom. The molecule has 4 nitrogen and oxygen atoms in total. The van der Waals surface area contributed by atoms with Crippen LogP contribution in [0.4, 0.5) is 5.82 Å². The predicted octanol–water partition coefficient (Wildman–Crippen LogP) is 3.13. The molecule has 1 aliphatic carbocycles. The molecule has 2 unspecified atom stereocenters. The van der Waals surface area contributed by atoms with Crippen LogP contribution in [0.1, 0.15) is 29.6 Å². The van der Waals surface area contributed by atoms with Gasteiger partial charge in [0, 0.05) is 17.5 Å². The van der Waals surface area contributed by atoms with Gasteiger partial charge in [-0.15, -0.1) is 0 Å². The number of aromatic carboxylic acids is 1. The molecule has 0 bridgehead atoms. The number of carboxylic acids is 1. The van der Waals surface area contributed by atoms with Crippen LogP contribution in [0.15, 0.2) is 12.3 Å². The molecule has 98 valence electrons. The molecular formula is C12H15ClN2O2S. The second kappa shape index (κ2) is 5.80. The molecule has 2 rings (SSSR count). The Morgan fingerprint density at radius 3 is 3.00 bits per heavy atom. The largest absolute Gasteiger partial charge is 0.478 e. The van der Waals surface area contributed by atoms with Crippen LogP contribution in [-0.4, -0.2) is 33.6 Å². The third-order valence-corrected chi connectivity index (χ3v) is 4.55. The van der Waals surface area contributed by atoms with E-state index in [0.29, 0.717) is 17.1 Å². The summed E-state index contributed by atoms with van der Waals surface area (Å²) < 4.78 is 0. The molecule has 1 heterocycles. The molecule has 0 amide bonds. The number of carbonyl (C=O) groups is 1. The van der Waals surface area contributed by atoms with E-state index in [0.717, 1.165) is 12.8 Å². The minimum absolute atomic E-state index is 0.0913. The number of hydrogen-bond donors (Lipinski definition) is 2. The van der Waals surface area contributed by atoms with Crippen LogP contribution in [0.2, 0.25) is 5.02 Å². The van der Waals surface area contributed by atoms with Gasteiger partial charge in [0.2, 0.25) is 0 Å². The Morgan fingerprint density at radius 2 is 2.39 bits per heavy atom. The van der Waals surface area contributed by atoms with Crippen molar-refractivity contribution in [2.75, 3.05) is 11.6 Å². The third-order valence-electron chi connectivity index (χ3n) is 3.16. The Labute approximate surface area is 115 Å². The maximum Gasteiger partial charge on any atom is 0.337 e. The lowest BCUT2D eigenvalue weighted by molar-refractivity contribution is 0.0697. The van der Waals surface area contributed by atoms with Gasteiger partial charge in [0.25, 0.3) is 0 Å². The van der Waals surface area contributed by atoms with Gasteiger partial charge in [-0.2, -0.15) is 11.8 Å². The van der Waals surface area contributed by atoms with Crippen molar-refractivity contribution in [1.82, 2.24) is 4.98 Å². The quantitative estimate of drug-likeness (QED) is 0.890. The lowest BCUT2D eigenvalue weighted by atomic mass is 10.2. The summed E-state index contributed by atoms with van der Waals surface area (Å²) in [6.07, 6.45) is 6.88. The van der Waals surface area contributed by atoms with Crippen LogP contribution >= 0.6 is 23.4 Å². The summed E-state index contributed by atoms with van der Waals surface area (Å²) in [5.74, 6) is -0.442. The molecule has 2 N–H and O–H groups in total. The zero-order valence-electron chi connectivity index (χ0n) is 10.0. The van der Waals surface area contributed by atoms with Crippen molar-refractivity contribution >= 4 is 35.1 Å². The number of anilines is 1. The lowest BCUT2D eigenvalue weighted by Gasteiger charge is -2.14. The summed E-state index contributed by atoms with van der Waals surface area (Å²) in [7, 11) is 0. The van der Waals surface area contributed by atoms with Gasteiger partial charge in [-0.25, -0.2) is 9.78 Å². The zero-order valence-corrected chi connectivity index (χ0v) is 11.6. The van der Waals surface area contributed by atoms with Crippen LogP contribution < -0.4 is 5.32 Å². The smallest absolute Gasteiger partial charge is 0.337 e. The molecular weight excluding hydrogens is 272 g/mol. The molecule has 1 saturated carbocycles. The fourth-order valence-corrected chi connectivity index (χ4v) is 3.16. The highest BCUT2D eigenvalue weighted by molar-refractivity contribution is 7.99. The number of pyridine rings is 1. The monoisotopic (exact) mass is 286 g/mol. The van der Waals surface area contributed by atoms with E-state index in [-0.39, 0.29) is 10.6 Å². The van der Waals surface area contributed by atoms with Crippen LogP contribution in [0.3, 0.4) is 0 Å². The average Bonchev–Trinajstić information content (AvgIpc) is 2.79. The minimum Gasteiger partial charge on any atom is -0.478 e. The molecule has 0 spiro atoms. The Hall–Kier alpha value is -0.940. The maximum absolute atomic E-state index is 11.0. The van der Waals surface area contributed by atoms with Crippen LogP contribution in [0, 0.1) is 0 Å². The Kier molecular flexibility index (Phi) is 4.35. The van der Waals surface area contributed by atoms with E-state index in [1.165, 1.54) is 18.7 Å². The Balaban J connectivity index is 2.06. The van der Waals surface area contributed by atoms with E-state index in [9.17, 15) is 4.79 Å². The van der Waals surface area contributed by atoms with Crippen LogP contribution in [0.25, 0.3) is 0 Å². The highest BCUT2D eigenvalue weighted by Gasteiger charge is 2.24. The third kappa shape index (κ3) is 3.09. The molecule has 1 aliphatic rings. The van der Waals surface area contributed by atoms with Crippen LogP contribution in [-0.2, 0) is 0 Å². The van der Waals surface area contributed by atoms with Gasteiger partial charge >= 0.3 is 5.97 Å².